The number of aryl methyl sites for hydroxylation is 1. The molecule has 1 N–H and O–H groups in total. The quantitative estimate of drug-likeness (QED) is 0.869. The van der Waals surface area contributed by atoms with Gasteiger partial charge in [-0.15, -0.1) is 0 Å². The highest BCUT2D eigenvalue weighted by Crippen LogP contribution is 2.29. The molecule has 0 saturated carbocycles. The molecule has 3 amide bonds. The van der Waals surface area contributed by atoms with Gasteiger partial charge in [0.25, 0.3) is 5.91 Å². The second kappa shape index (κ2) is 7.95. The number of rotatable bonds is 3. The Balaban J connectivity index is 1.60. The van der Waals surface area contributed by atoms with Crippen LogP contribution in [0.5, 0.6) is 0 Å². The van der Waals surface area contributed by atoms with Gasteiger partial charge in [0.2, 0.25) is 0 Å². The number of halogens is 2. The molecule has 9 heteroatoms. The molecule has 7 nitrogen and oxygen atoms in total. The molecule has 1 aliphatic rings. The number of amides is 3. The van der Waals surface area contributed by atoms with Crippen molar-refractivity contribution in [2.24, 2.45) is 0 Å². The first-order valence-electron chi connectivity index (χ1n) is 8.96. The topological polar surface area (TPSA) is 78.7 Å². The highest BCUT2D eigenvalue weighted by atomic mass is 19.1. The molecule has 1 aromatic carbocycles. The van der Waals surface area contributed by atoms with Crippen molar-refractivity contribution >= 4 is 17.6 Å². The third kappa shape index (κ3) is 4.13. The number of anilines is 1. The molecule has 3 rings (SSSR count). The highest BCUT2D eigenvalue weighted by Gasteiger charge is 2.29. The van der Waals surface area contributed by atoms with Gasteiger partial charge in [-0.3, -0.25) is 4.79 Å². The van der Waals surface area contributed by atoms with E-state index in [0.717, 1.165) is 12.1 Å². The van der Waals surface area contributed by atoms with Crippen LogP contribution in [0.15, 0.2) is 22.6 Å². The summed E-state index contributed by atoms with van der Waals surface area (Å²) in [6, 6.07) is 2.55. The summed E-state index contributed by atoms with van der Waals surface area (Å²) in [6.45, 7) is 2.56. The summed E-state index contributed by atoms with van der Waals surface area (Å²) in [4.78, 5) is 31.8. The number of piperidine rings is 1. The van der Waals surface area contributed by atoms with Crippen molar-refractivity contribution < 1.29 is 22.8 Å². The summed E-state index contributed by atoms with van der Waals surface area (Å²) in [6.07, 6.45) is 1.21. The lowest BCUT2D eigenvalue weighted by atomic mass is 9.97. The smallest absolute Gasteiger partial charge is 0.321 e. The van der Waals surface area contributed by atoms with Crippen molar-refractivity contribution in [3.63, 3.8) is 0 Å². The van der Waals surface area contributed by atoms with Crippen LogP contribution in [0.4, 0.5) is 19.3 Å². The highest BCUT2D eigenvalue weighted by molar-refractivity contribution is 5.92. The van der Waals surface area contributed by atoms with Gasteiger partial charge in [-0.2, -0.15) is 0 Å². The van der Waals surface area contributed by atoms with Gasteiger partial charge in [-0.05, 0) is 31.9 Å². The maximum absolute atomic E-state index is 13.7. The Labute approximate surface area is 161 Å². The normalized spacial score (nSPS) is 14.8. The van der Waals surface area contributed by atoms with Crippen molar-refractivity contribution in [2.45, 2.75) is 25.7 Å². The van der Waals surface area contributed by atoms with Crippen LogP contribution in [0.3, 0.4) is 0 Å². The predicted octanol–water partition coefficient (Wildman–Crippen LogP) is 3.37. The van der Waals surface area contributed by atoms with Crippen molar-refractivity contribution in [1.29, 1.82) is 0 Å². The lowest BCUT2D eigenvalue weighted by molar-refractivity contribution is 0.0821. The molecule has 150 valence electrons. The van der Waals surface area contributed by atoms with Gasteiger partial charge in [-0.1, -0.05) is 0 Å². The predicted molar refractivity (Wildman–Crippen MR) is 98.2 cm³/mol. The van der Waals surface area contributed by atoms with Crippen molar-refractivity contribution in [3.05, 3.63) is 47.2 Å². The Bertz CT molecular complexity index is 889. The number of carbonyl (C=O) groups excluding carboxylic acids is 2. The Morgan fingerprint density at radius 2 is 1.93 bits per heavy atom. The zero-order chi connectivity index (χ0) is 20.4. The second-order valence-electron chi connectivity index (χ2n) is 6.97. The minimum absolute atomic E-state index is 0.00554. The number of carbonyl (C=O) groups is 2. The van der Waals surface area contributed by atoms with E-state index in [2.05, 4.69) is 10.3 Å². The lowest BCUT2D eigenvalue weighted by Gasteiger charge is -2.30. The number of benzene rings is 1. The molecule has 0 unspecified atom stereocenters. The van der Waals surface area contributed by atoms with Crippen LogP contribution < -0.4 is 5.32 Å². The van der Waals surface area contributed by atoms with Crippen LogP contribution in [-0.4, -0.2) is 53.9 Å². The molecule has 28 heavy (non-hydrogen) atoms. The second-order valence-corrected chi connectivity index (χ2v) is 6.97. The van der Waals surface area contributed by atoms with Crippen molar-refractivity contribution in [2.75, 3.05) is 32.5 Å². The molecule has 1 fully saturated rings. The molecular weight excluding hydrogens is 370 g/mol. The SMILES string of the molecule is Cc1oc(C2CCN(C(=O)Nc3ccc(F)cc3F)CC2)nc1C(=O)N(C)C. The molecule has 0 spiro atoms. The zero-order valence-corrected chi connectivity index (χ0v) is 16.0. The van der Waals surface area contributed by atoms with Gasteiger partial charge in [0, 0.05) is 39.2 Å². The summed E-state index contributed by atoms with van der Waals surface area (Å²) >= 11 is 0. The van der Waals surface area contributed by atoms with Gasteiger partial charge in [0.1, 0.15) is 17.4 Å². The van der Waals surface area contributed by atoms with Gasteiger partial charge in [0.05, 0.1) is 5.69 Å². The average Bonchev–Trinajstić information content (AvgIpc) is 3.05. The van der Waals surface area contributed by atoms with E-state index in [1.165, 1.54) is 11.0 Å². The minimum Gasteiger partial charge on any atom is -0.445 e. The summed E-state index contributed by atoms with van der Waals surface area (Å²) in [5.41, 5.74) is 0.232. The Kier molecular flexibility index (Phi) is 5.62. The number of hydrogen-bond donors (Lipinski definition) is 1. The van der Waals surface area contributed by atoms with Crippen molar-refractivity contribution in [3.8, 4) is 0 Å². The first-order valence-corrected chi connectivity index (χ1v) is 8.96. The van der Waals surface area contributed by atoms with Crippen molar-refractivity contribution in [1.82, 2.24) is 14.8 Å². The van der Waals surface area contributed by atoms with Crippen LogP contribution in [-0.2, 0) is 0 Å². The van der Waals surface area contributed by atoms with E-state index in [0.29, 0.717) is 43.3 Å². The summed E-state index contributed by atoms with van der Waals surface area (Å²) in [5.74, 6) is -0.783. The Hall–Kier alpha value is -2.97. The number of urea groups is 1. The molecule has 1 aliphatic heterocycles. The molecule has 0 bridgehead atoms. The van der Waals surface area contributed by atoms with E-state index in [1.54, 1.807) is 25.9 Å². The fourth-order valence-electron chi connectivity index (χ4n) is 3.12. The number of oxazole rings is 1. The van der Waals surface area contributed by atoms with E-state index < -0.39 is 17.7 Å². The molecular formula is C19H22F2N4O3. The summed E-state index contributed by atoms with van der Waals surface area (Å²) in [7, 11) is 3.30. The number of likely N-dealkylation sites (tertiary alicyclic amines) is 1. The summed E-state index contributed by atoms with van der Waals surface area (Å²) in [5, 5.41) is 2.46. The standard InChI is InChI=1S/C19H22F2N4O3/c1-11-16(18(26)24(2)3)23-17(28-11)12-6-8-25(9-7-12)19(27)22-15-5-4-13(20)10-14(15)21/h4-5,10,12H,6-9H2,1-3H3,(H,22,27). The molecule has 0 aliphatic carbocycles. The molecule has 0 atom stereocenters. The maximum Gasteiger partial charge on any atom is 0.321 e. The van der Waals surface area contributed by atoms with E-state index >= 15 is 0 Å². The maximum atomic E-state index is 13.7. The number of aromatic nitrogens is 1. The number of nitrogens with one attached hydrogen (secondary N) is 1. The average molecular weight is 392 g/mol. The van der Waals surface area contributed by atoms with E-state index in [-0.39, 0.29) is 17.5 Å². The lowest BCUT2D eigenvalue weighted by Crippen LogP contribution is -2.40. The number of hydrogen-bond acceptors (Lipinski definition) is 4. The monoisotopic (exact) mass is 392 g/mol. The van der Waals surface area contributed by atoms with Gasteiger partial charge in [-0.25, -0.2) is 18.6 Å². The minimum atomic E-state index is -0.823. The molecule has 0 radical (unpaired) electrons. The molecule has 1 aromatic heterocycles. The zero-order valence-electron chi connectivity index (χ0n) is 16.0. The van der Waals surface area contributed by atoms with Crippen LogP contribution in [0.25, 0.3) is 0 Å². The molecule has 2 heterocycles. The Morgan fingerprint density at radius 1 is 1.25 bits per heavy atom. The van der Waals surface area contributed by atoms with Gasteiger partial charge < -0.3 is 19.5 Å². The number of nitrogens with zero attached hydrogens (tertiary/aromatic N) is 3. The van der Waals surface area contributed by atoms with E-state index in [9.17, 15) is 18.4 Å². The Morgan fingerprint density at radius 3 is 2.54 bits per heavy atom. The van der Waals surface area contributed by atoms with E-state index in [4.69, 9.17) is 4.42 Å². The molecule has 2 aromatic rings. The van der Waals surface area contributed by atoms with Gasteiger partial charge in [0.15, 0.2) is 11.6 Å². The largest absolute Gasteiger partial charge is 0.445 e. The third-order valence-corrected chi connectivity index (χ3v) is 4.73. The molecule has 1 saturated heterocycles. The van der Waals surface area contributed by atoms with Crippen LogP contribution in [0, 0.1) is 18.6 Å². The van der Waals surface area contributed by atoms with Crippen LogP contribution in [0.2, 0.25) is 0 Å². The first kappa shape index (κ1) is 19.8. The fraction of sp³-hybridized carbons (Fsp3) is 0.421. The van der Waals surface area contributed by atoms with Gasteiger partial charge >= 0.3 is 6.03 Å². The van der Waals surface area contributed by atoms with E-state index in [1.807, 2.05) is 0 Å². The van der Waals surface area contributed by atoms with Crippen LogP contribution in [0.1, 0.15) is 40.9 Å². The fourth-order valence-corrected chi connectivity index (χ4v) is 3.12. The third-order valence-electron chi connectivity index (χ3n) is 4.73. The van der Waals surface area contributed by atoms with Crippen LogP contribution >= 0.6 is 0 Å². The summed E-state index contributed by atoms with van der Waals surface area (Å²) < 4.78 is 32.3. The first-order chi connectivity index (χ1) is 13.3.